The van der Waals surface area contributed by atoms with Gasteiger partial charge in [-0.2, -0.15) is 4.98 Å². The lowest BCUT2D eigenvalue weighted by atomic mass is 9.86. The Balaban J connectivity index is 1.48. The highest BCUT2D eigenvalue weighted by molar-refractivity contribution is 7.90. The molecule has 1 saturated carbocycles. The molecule has 12 heteroatoms. The molecular formula is C19H25F3N4O4S. The number of benzene rings is 1. The highest BCUT2D eigenvalue weighted by atomic mass is 32.2. The number of ether oxygens (including phenoxy) is 1. The van der Waals surface area contributed by atoms with E-state index in [1.165, 1.54) is 24.3 Å². The van der Waals surface area contributed by atoms with E-state index < -0.39 is 21.6 Å². The first-order valence-corrected chi connectivity index (χ1v) is 11.5. The minimum absolute atomic E-state index is 0.119. The zero-order valence-electron chi connectivity index (χ0n) is 17.1. The van der Waals surface area contributed by atoms with Gasteiger partial charge in [-0.15, -0.1) is 13.2 Å². The first kappa shape index (κ1) is 23.3. The van der Waals surface area contributed by atoms with Crippen LogP contribution in [0.15, 0.2) is 28.8 Å². The average molecular weight is 462 g/mol. The first-order chi connectivity index (χ1) is 14.5. The van der Waals surface area contributed by atoms with Gasteiger partial charge in [0.1, 0.15) is 5.75 Å². The van der Waals surface area contributed by atoms with E-state index in [1.54, 1.807) is 13.8 Å². The van der Waals surface area contributed by atoms with Crippen LogP contribution in [-0.2, 0) is 10.0 Å². The molecule has 2 N–H and O–H groups in total. The van der Waals surface area contributed by atoms with Crippen molar-refractivity contribution in [3.63, 3.8) is 0 Å². The predicted molar refractivity (Wildman–Crippen MR) is 108 cm³/mol. The van der Waals surface area contributed by atoms with Crippen LogP contribution in [0.25, 0.3) is 11.4 Å². The van der Waals surface area contributed by atoms with Crippen LogP contribution in [0, 0.1) is 5.92 Å². The standard InChI is InChI=1S/C19H25F3N4O4S/c1-12(2)31(27,28)23-11-13-3-7-15(8-4-13)24-18-25-17(26-30-18)14-5-9-16(10-6-14)29-19(20,21)22/h5-6,9-10,12-13,15,23H,3-4,7-8,11H2,1-2H3,(H,24,25,26). The molecule has 0 amide bonds. The number of nitrogens with one attached hydrogen (secondary N) is 2. The second-order valence-corrected chi connectivity index (χ2v) is 10.1. The van der Waals surface area contributed by atoms with Crippen molar-refractivity contribution in [1.29, 1.82) is 0 Å². The summed E-state index contributed by atoms with van der Waals surface area (Å²) < 4.78 is 72.2. The topological polar surface area (TPSA) is 106 Å². The van der Waals surface area contributed by atoms with E-state index >= 15 is 0 Å². The number of hydrogen-bond acceptors (Lipinski definition) is 7. The van der Waals surface area contributed by atoms with Crippen LogP contribution < -0.4 is 14.8 Å². The fraction of sp³-hybridized carbons (Fsp3) is 0.579. The number of aromatic nitrogens is 2. The van der Waals surface area contributed by atoms with Gasteiger partial charge in [-0.25, -0.2) is 13.1 Å². The van der Waals surface area contributed by atoms with Gasteiger partial charge in [0, 0.05) is 18.2 Å². The second kappa shape index (κ2) is 9.43. The Morgan fingerprint density at radius 3 is 2.39 bits per heavy atom. The molecule has 172 valence electrons. The molecule has 0 atom stereocenters. The van der Waals surface area contributed by atoms with Crippen molar-refractivity contribution in [2.24, 2.45) is 5.92 Å². The Labute approximate surface area is 178 Å². The van der Waals surface area contributed by atoms with Gasteiger partial charge >= 0.3 is 12.4 Å². The van der Waals surface area contributed by atoms with Crippen molar-refractivity contribution in [3.05, 3.63) is 24.3 Å². The molecule has 1 aliphatic rings. The summed E-state index contributed by atoms with van der Waals surface area (Å²) in [5.41, 5.74) is 0.493. The molecule has 0 unspecified atom stereocenters. The molecule has 1 aromatic heterocycles. The highest BCUT2D eigenvalue weighted by Gasteiger charge is 2.31. The van der Waals surface area contributed by atoms with E-state index in [-0.39, 0.29) is 29.5 Å². The van der Waals surface area contributed by atoms with Crippen LogP contribution in [0.4, 0.5) is 19.2 Å². The van der Waals surface area contributed by atoms with E-state index in [4.69, 9.17) is 4.52 Å². The number of hydrogen-bond donors (Lipinski definition) is 2. The van der Waals surface area contributed by atoms with E-state index in [2.05, 4.69) is 24.9 Å². The van der Waals surface area contributed by atoms with Crippen molar-refractivity contribution >= 4 is 16.0 Å². The van der Waals surface area contributed by atoms with Crippen LogP contribution in [0.5, 0.6) is 5.75 Å². The molecular weight excluding hydrogens is 437 g/mol. The van der Waals surface area contributed by atoms with Gasteiger partial charge in [-0.3, -0.25) is 0 Å². The van der Waals surface area contributed by atoms with Crippen LogP contribution in [0.1, 0.15) is 39.5 Å². The minimum Gasteiger partial charge on any atom is -0.406 e. The van der Waals surface area contributed by atoms with E-state index in [1.807, 2.05) is 0 Å². The maximum atomic E-state index is 12.2. The third-order valence-electron chi connectivity index (χ3n) is 5.14. The fourth-order valence-corrected chi connectivity index (χ4v) is 4.09. The quantitative estimate of drug-likeness (QED) is 0.612. The summed E-state index contributed by atoms with van der Waals surface area (Å²) in [4.78, 5) is 4.24. The van der Waals surface area contributed by atoms with Gasteiger partial charge in [-0.05, 0) is 69.7 Å². The van der Waals surface area contributed by atoms with Crippen LogP contribution >= 0.6 is 0 Å². The van der Waals surface area contributed by atoms with Gasteiger partial charge in [-0.1, -0.05) is 5.16 Å². The largest absolute Gasteiger partial charge is 0.573 e. The molecule has 31 heavy (non-hydrogen) atoms. The number of sulfonamides is 1. The minimum atomic E-state index is -4.75. The Bertz CT molecular complexity index is 953. The molecule has 1 aliphatic carbocycles. The molecule has 2 aromatic rings. The lowest BCUT2D eigenvalue weighted by Crippen LogP contribution is -2.37. The number of alkyl halides is 3. The van der Waals surface area contributed by atoms with Gasteiger partial charge in [0.2, 0.25) is 15.8 Å². The molecule has 0 radical (unpaired) electrons. The summed E-state index contributed by atoms with van der Waals surface area (Å²) in [5.74, 6) is 0.200. The van der Waals surface area contributed by atoms with E-state index in [0.717, 1.165) is 25.7 Å². The normalized spacial score (nSPS) is 20.1. The molecule has 1 fully saturated rings. The van der Waals surface area contributed by atoms with Gasteiger partial charge in [0.15, 0.2) is 0 Å². The number of halogens is 3. The molecule has 0 aliphatic heterocycles. The molecule has 3 rings (SSSR count). The van der Waals surface area contributed by atoms with Crippen LogP contribution in [0.2, 0.25) is 0 Å². The van der Waals surface area contributed by atoms with E-state index in [9.17, 15) is 21.6 Å². The fourth-order valence-electron chi connectivity index (χ4n) is 3.29. The van der Waals surface area contributed by atoms with Gasteiger partial charge < -0.3 is 14.6 Å². The number of rotatable bonds is 8. The first-order valence-electron chi connectivity index (χ1n) is 9.97. The Morgan fingerprint density at radius 1 is 1.16 bits per heavy atom. The smallest absolute Gasteiger partial charge is 0.406 e. The molecule has 8 nitrogen and oxygen atoms in total. The van der Waals surface area contributed by atoms with Crippen molar-refractivity contribution in [2.45, 2.75) is 57.2 Å². The number of nitrogens with zero attached hydrogens (tertiary/aromatic N) is 2. The predicted octanol–water partition coefficient (Wildman–Crippen LogP) is 3.93. The van der Waals surface area contributed by atoms with Crippen molar-refractivity contribution in [2.75, 3.05) is 11.9 Å². The molecule has 0 spiro atoms. The Morgan fingerprint density at radius 2 is 1.81 bits per heavy atom. The SMILES string of the molecule is CC(C)S(=O)(=O)NCC1CCC(Nc2nc(-c3ccc(OC(F)(F)F)cc3)no2)CC1. The maximum Gasteiger partial charge on any atom is 0.573 e. The van der Waals surface area contributed by atoms with Crippen LogP contribution in [0.3, 0.4) is 0 Å². The summed E-state index contributed by atoms with van der Waals surface area (Å²) in [7, 11) is -3.26. The van der Waals surface area contributed by atoms with Gasteiger partial charge in [0.25, 0.3) is 0 Å². The van der Waals surface area contributed by atoms with Crippen molar-refractivity contribution in [3.8, 4) is 17.1 Å². The lowest BCUT2D eigenvalue weighted by Gasteiger charge is -2.28. The average Bonchev–Trinajstić information content (AvgIpc) is 3.15. The molecule has 0 bridgehead atoms. The molecule has 1 aromatic carbocycles. The Kier molecular flexibility index (Phi) is 7.10. The summed E-state index contributed by atoms with van der Waals surface area (Å²) in [6.07, 6.45) is -1.37. The summed E-state index contributed by atoms with van der Waals surface area (Å²) in [6.45, 7) is 3.73. The summed E-state index contributed by atoms with van der Waals surface area (Å²) in [6, 6.07) is 5.55. The second-order valence-electron chi connectivity index (χ2n) is 7.80. The third kappa shape index (κ3) is 6.82. The maximum absolute atomic E-state index is 12.2. The monoisotopic (exact) mass is 462 g/mol. The lowest BCUT2D eigenvalue weighted by molar-refractivity contribution is -0.274. The molecule has 1 heterocycles. The third-order valence-corrected chi connectivity index (χ3v) is 6.95. The van der Waals surface area contributed by atoms with Crippen LogP contribution in [-0.4, -0.2) is 42.8 Å². The summed E-state index contributed by atoms with van der Waals surface area (Å²) >= 11 is 0. The van der Waals surface area contributed by atoms with Gasteiger partial charge in [0.05, 0.1) is 5.25 Å². The zero-order chi connectivity index (χ0) is 22.6. The zero-order valence-corrected chi connectivity index (χ0v) is 18.0. The molecule has 0 saturated heterocycles. The van der Waals surface area contributed by atoms with Crippen molar-refractivity contribution in [1.82, 2.24) is 14.9 Å². The van der Waals surface area contributed by atoms with E-state index in [0.29, 0.717) is 12.1 Å². The van der Waals surface area contributed by atoms with Crippen molar-refractivity contribution < 1.29 is 30.8 Å². The highest BCUT2D eigenvalue weighted by Crippen LogP contribution is 2.28. The Hall–Kier alpha value is -2.34. The summed E-state index contributed by atoms with van der Waals surface area (Å²) in [5, 5.41) is 6.57. The number of anilines is 1.